The number of para-hydroxylation sites is 1. The number of hydrogen-bond donors (Lipinski definition) is 3. The highest BCUT2D eigenvalue weighted by molar-refractivity contribution is 8.22. The molecule has 0 fully saturated rings. The topological polar surface area (TPSA) is 99.5 Å². The van der Waals surface area contributed by atoms with Gasteiger partial charge in [0, 0.05) is 6.54 Å². The van der Waals surface area contributed by atoms with E-state index in [0.717, 1.165) is 11.1 Å². The van der Waals surface area contributed by atoms with Crippen molar-refractivity contribution in [1.29, 1.82) is 0 Å². The van der Waals surface area contributed by atoms with Crippen LogP contribution < -0.4 is 4.74 Å². The smallest absolute Gasteiger partial charge is 0.312 e. The third-order valence-corrected chi connectivity index (χ3v) is 7.78. The van der Waals surface area contributed by atoms with Gasteiger partial charge in [-0.2, -0.15) is 4.31 Å². The van der Waals surface area contributed by atoms with Crippen molar-refractivity contribution < 1.29 is 28.5 Å². The van der Waals surface area contributed by atoms with E-state index in [9.17, 15) is 19.0 Å². The molecule has 33 heavy (non-hydrogen) atoms. The fourth-order valence-corrected chi connectivity index (χ4v) is 5.55. The number of carboxylic acid groups (broad SMARTS) is 1. The van der Waals surface area contributed by atoms with Crippen LogP contribution in [0.5, 0.6) is 5.75 Å². The first-order chi connectivity index (χ1) is 15.5. The van der Waals surface area contributed by atoms with E-state index in [-0.39, 0.29) is 19.3 Å². The predicted octanol–water partition coefficient (Wildman–Crippen LogP) is 5.10. The van der Waals surface area contributed by atoms with Gasteiger partial charge in [0.15, 0.2) is 0 Å². The molecule has 178 valence electrons. The monoisotopic (exact) mass is 473 g/mol. The Kier molecular flexibility index (Phi) is 7.42. The maximum Gasteiger partial charge on any atom is 0.312 e. The van der Waals surface area contributed by atoms with Crippen LogP contribution in [0.25, 0.3) is 0 Å². The Balaban J connectivity index is 2.00. The average Bonchev–Trinajstić information content (AvgIpc) is 2.84. The summed E-state index contributed by atoms with van der Waals surface area (Å²) in [5.74, 6) is 1.86. The molecule has 2 aromatic carbocycles. The van der Waals surface area contributed by atoms with Crippen LogP contribution in [-0.4, -0.2) is 43.7 Å². The molecule has 0 saturated heterocycles. The van der Waals surface area contributed by atoms with Crippen LogP contribution in [0.15, 0.2) is 47.4 Å². The molecule has 0 amide bonds. The molecule has 7 nitrogen and oxygen atoms in total. The van der Waals surface area contributed by atoms with Crippen LogP contribution in [-0.2, 0) is 16.1 Å². The van der Waals surface area contributed by atoms with Crippen molar-refractivity contribution in [2.75, 3.05) is 13.2 Å². The summed E-state index contributed by atoms with van der Waals surface area (Å²) in [7, 11) is -3.30. The van der Waals surface area contributed by atoms with E-state index >= 15 is 0 Å². The zero-order valence-corrected chi connectivity index (χ0v) is 20.1. The molecule has 1 aliphatic rings. The molecule has 0 saturated carbocycles. The van der Waals surface area contributed by atoms with E-state index in [4.69, 9.17) is 15.9 Å². The van der Waals surface area contributed by atoms with Gasteiger partial charge < -0.3 is 14.6 Å². The van der Waals surface area contributed by atoms with Gasteiger partial charge in [-0.15, -0.1) is 17.2 Å². The third-order valence-electron chi connectivity index (χ3n) is 5.86. The Morgan fingerprint density at radius 1 is 1.33 bits per heavy atom. The average molecular weight is 474 g/mol. The quantitative estimate of drug-likeness (QED) is 0.481. The van der Waals surface area contributed by atoms with Crippen molar-refractivity contribution in [3.63, 3.8) is 0 Å². The fourth-order valence-electron chi connectivity index (χ4n) is 3.89. The van der Waals surface area contributed by atoms with Gasteiger partial charge in [-0.25, -0.2) is 0 Å². The molecule has 3 N–H and O–H groups in total. The highest BCUT2D eigenvalue weighted by Crippen LogP contribution is 2.57. The Morgan fingerprint density at radius 2 is 2.03 bits per heavy atom. The van der Waals surface area contributed by atoms with Gasteiger partial charge in [-0.05, 0) is 56.5 Å². The summed E-state index contributed by atoms with van der Waals surface area (Å²) in [5, 5.41) is 9.76. The van der Waals surface area contributed by atoms with E-state index in [2.05, 4.69) is 5.92 Å². The van der Waals surface area contributed by atoms with E-state index in [1.165, 1.54) is 0 Å². The van der Waals surface area contributed by atoms with Crippen LogP contribution in [0.4, 0.5) is 0 Å². The van der Waals surface area contributed by atoms with E-state index in [1.54, 1.807) is 42.4 Å². The van der Waals surface area contributed by atoms with Gasteiger partial charge in [0.2, 0.25) is 0 Å². The summed E-state index contributed by atoms with van der Waals surface area (Å²) >= 11 is 0. The number of ether oxygens (including phenoxy) is 2. The number of nitrogens with zero attached hydrogens (tertiary/aromatic N) is 1. The molecule has 0 spiro atoms. The first-order valence-corrected chi connectivity index (χ1v) is 12.2. The number of rotatable bonds is 7. The lowest BCUT2D eigenvalue weighted by Gasteiger charge is -2.42. The van der Waals surface area contributed by atoms with Crippen LogP contribution in [0.3, 0.4) is 0 Å². The lowest BCUT2D eigenvalue weighted by atomic mass is 9.81. The highest BCUT2D eigenvalue weighted by atomic mass is 32.3. The number of benzene rings is 2. The zero-order chi connectivity index (χ0) is 24.4. The van der Waals surface area contributed by atoms with E-state index < -0.39 is 28.3 Å². The summed E-state index contributed by atoms with van der Waals surface area (Å²) in [6.07, 6.45) is 4.31. The predicted molar refractivity (Wildman–Crippen MR) is 128 cm³/mol. The van der Waals surface area contributed by atoms with Crippen molar-refractivity contribution >= 4 is 16.7 Å². The summed E-state index contributed by atoms with van der Waals surface area (Å²) in [4.78, 5) is 12.3. The zero-order valence-electron chi connectivity index (χ0n) is 19.3. The lowest BCUT2D eigenvalue weighted by Crippen LogP contribution is -2.34. The van der Waals surface area contributed by atoms with E-state index in [1.807, 2.05) is 32.0 Å². The number of aryl methyl sites for hydroxylation is 1. The molecule has 0 aromatic heterocycles. The van der Waals surface area contributed by atoms with Gasteiger partial charge in [-0.3, -0.25) is 13.9 Å². The molecule has 2 atom stereocenters. The van der Waals surface area contributed by atoms with Crippen molar-refractivity contribution in [2.24, 2.45) is 5.41 Å². The van der Waals surface area contributed by atoms with Crippen molar-refractivity contribution in [3.8, 4) is 18.1 Å². The number of terminal acetylenes is 1. The molecule has 3 rings (SSSR count). The minimum Gasteiger partial charge on any atom is -0.487 e. The standard InChI is InChI=1S/C25H31NO6S/c1-6-13-31-23(25(4,5)24(27)28)19-12-11-17(2)20(14-19)16-26-15-18(3)32-21-9-7-8-10-22(21)33(26,29)30/h1,7-12,14,18,23,29-30H,13,15-16H2,2-5H3,(H,27,28). The van der Waals surface area contributed by atoms with E-state index in [0.29, 0.717) is 22.8 Å². The number of carboxylic acids is 1. The van der Waals surface area contributed by atoms with Gasteiger partial charge in [0.25, 0.3) is 0 Å². The Hall–Kier alpha value is -2.54. The highest BCUT2D eigenvalue weighted by Gasteiger charge is 2.39. The molecule has 0 bridgehead atoms. The van der Waals surface area contributed by atoms with Crippen molar-refractivity contribution in [2.45, 2.75) is 51.3 Å². The molecule has 0 aliphatic carbocycles. The number of carbonyl (C=O) groups is 1. The van der Waals surface area contributed by atoms with Crippen LogP contribution in [0.1, 0.15) is 43.6 Å². The first-order valence-electron chi connectivity index (χ1n) is 10.7. The van der Waals surface area contributed by atoms with Crippen LogP contribution in [0.2, 0.25) is 0 Å². The SMILES string of the molecule is C#CCOC(c1ccc(C)c(CN2CC(C)Oc3ccccc3S2(O)O)c1)C(C)(C)C(=O)O. The second-order valence-corrected chi connectivity index (χ2v) is 10.8. The second-order valence-electron chi connectivity index (χ2n) is 8.82. The lowest BCUT2D eigenvalue weighted by molar-refractivity contribution is -0.156. The molecular weight excluding hydrogens is 442 g/mol. The largest absolute Gasteiger partial charge is 0.487 e. The first kappa shape index (κ1) is 25.1. The molecule has 1 aliphatic heterocycles. The Morgan fingerprint density at radius 3 is 2.70 bits per heavy atom. The van der Waals surface area contributed by atoms with Crippen LogP contribution in [0, 0.1) is 24.7 Å². The molecule has 8 heteroatoms. The minimum absolute atomic E-state index is 0.0249. The van der Waals surface area contributed by atoms with Gasteiger partial charge in [-0.1, -0.05) is 36.3 Å². The summed E-state index contributed by atoms with van der Waals surface area (Å²) < 4.78 is 35.7. The minimum atomic E-state index is -3.30. The van der Waals surface area contributed by atoms with Gasteiger partial charge >= 0.3 is 5.97 Å². The van der Waals surface area contributed by atoms with Gasteiger partial charge in [0.1, 0.15) is 23.4 Å². The fraction of sp³-hybridized carbons (Fsp3) is 0.400. The normalized spacial score (nSPS) is 20.0. The number of fused-ring (bicyclic) bond motifs is 1. The molecule has 1 heterocycles. The number of hydrogen-bond acceptors (Lipinski definition) is 6. The molecule has 2 aromatic rings. The Labute approximate surface area is 196 Å². The number of aliphatic carboxylic acids is 1. The summed E-state index contributed by atoms with van der Waals surface area (Å²) in [6.45, 7) is 7.51. The molecule has 2 unspecified atom stereocenters. The second kappa shape index (κ2) is 9.75. The summed E-state index contributed by atoms with van der Waals surface area (Å²) in [5.41, 5.74) is 1.20. The van der Waals surface area contributed by atoms with Gasteiger partial charge in [0.05, 0.1) is 18.1 Å². The summed E-state index contributed by atoms with van der Waals surface area (Å²) in [6, 6.07) is 12.5. The van der Waals surface area contributed by atoms with Crippen molar-refractivity contribution in [1.82, 2.24) is 4.31 Å². The van der Waals surface area contributed by atoms with Crippen molar-refractivity contribution in [3.05, 3.63) is 59.2 Å². The molecular formula is C25H31NO6S. The maximum absolute atomic E-state index is 11.9. The van der Waals surface area contributed by atoms with Crippen LogP contribution >= 0.6 is 10.8 Å². The molecule has 0 radical (unpaired) electrons. The third kappa shape index (κ3) is 5.18. The maximum atomic E-state index is 11.9. The Bertz CT molecular complexity index is 1060.